The van der Waals surface area contributed by atoms with Gasteiger partial charge in [-0.25, -0.2) is 4.79 Å². The summed E-state index contributed by atoms with van der Waals surface area (Å²) >= 11 is 0. The Morgan fingerprint density at radius 3 is 2.33 bits per heavy atom. The maximum absolute atomic E-state index is 12.1. The summed E-state index contributed by atoms with van der Waals surface area (Å²) in [6.45, 7) is 0.821. The second-order valence-electron chi connectivity index (χ2n) is 5.07. The lowest BCUT2D eigenvalue weighted by atomic mass is 10.1. The van der Waals surface area contributed by atoms with Gasteiger partial charge in [-0.3, -0.25) is 4.79 Å². The van der Waals surface area contributed by atoms with Crippen LogP contribution in [0, 0.1) is 5.92 Å². The zero-order valence-electron chi connectivity index (χ0n) is 11.7. The normalized spacial score (nSPS) is 14.7. The number of nitrogens with one attached hydrogen (secondary N) is 2. The van der Waals surface area contributed by atoms with E-state index in [1.165, 1.54) is 0 Å². The van der Waals surface area contributed by atoms with Gasteiger partial charge in [-0.1, -0.05) is 12.1 Å². The van der Waals surface area contributed by atoms with Gasteiger partial charge in [-0.05, 0) is 36.5 Å². The molecule has 0 spiro atoms. The van der Waals surface area contributed by atoms with Crippen molar-refractivity contribution >= 4 is 24.3 Å². The third kappa shape index (κ3) is 5.24. The fourth-order valence-electron chi connectivity index (χ4n) is 2.08. The van der Waals surface area contributed by atoms with E-state index in [4.69, 9.17) is 11.5 Å². The SMILES string of the molecule is Cl.NCC(NC(=O)c1ccc(CNC(N)=O)cc1)C1CC1. The third-order valence-electron chi connectivity index (χ3n) is 3.44. The van der Waals surface area contributed by atoms with Crippen molar-refractivity contribution < 1.29 is 9.59 Å². The molecule has 0 aromatic heterocycles. The van der Waals surface area contributed by atoms with Crippen molar-refractivity contribution in [3.63, 3.8) is 0 Å². The van der Waals surface area contributed by atoms with Gasteiger partial charge in [-0.2, -0.15) is 0 Å². The second kappa shape index (κ2) is 7.85. The summed E-state index contributed by atoms with van der Waals surface area (Å²) < 4.78 is 0. The molecule has 0 saturated heterocycles. The van der Waals surface area contributed by atoms with E-state index in [0.717, 1.165) is 18.4 Å². The number of hydrogen-bond acceptors (Lipinski definition) is 3. The first kappa shape index (κ1) is 17.3. The Morgan fingerprint density at radius 1 is 1.24 bits per heavy atom. The van der Waals surface area contributed by atoms with E-state index in [-0.39, 0.29) is 24.4 Å². The Morgan fingerprint density at radius 2 is 1.86 bits per heavy atom. The monoisotopic (exact) mass is 312 g/mol. The molecule has 1 aliphatic carbocycles. The predicted molar refractivity (Wildman–Crippen MR) is 83.1 cm³/mol. The van der Waals surface area contributed by atoms with E-state index in [1.807, 2.05) is 0 Å². The molecule has 116 valence electrons. The fourth-order valence-corrected chi connectivity index (χ4v) is 2.08. The molecule has 0 bridgehead atoms. The number of carbonyl (C=O) groups is 2. The van der Waals surface area contributed by atoms with Crippen LogP contribution in [0.15, 0.2) is 24.3 Å². The largest absolute Gasteiger partial charge is 0.352 e. The summed E-state index contributed by atoms with van der Waals surface area (Å²) in [7, 11) is 0. The molecule has 1 saturated carbocycles. The van der Waals surface area contributed by atoms with Gasteiger partial charge in [0.05, 0.1) is 0 Å². The highest BCUT2D eigenvalue weighted by Crippen LogP contribution is 2.32. The lowest BCUT2D eigenvalue weighted by Gasteiger charge is -2.16. The number of benzene rings is 1. The van der Waals surface area contributed by atoms with Crippen LogP contribution in [0.3, 0.4) is 0 Å². The first-order valence-corrected chi connectivity index (χ1v) is 6.73. The van der Waals surface area contributed by atoms with E-state index < -0.39 is 6.03 Å². The van der Waals surface area contributed by atoms with E-state index in [1.54, 1.807) is 24.3 Å². The van der Waals surface area contributed by atoms with Gasteiger partial charge in [-0.15, -0.1) is 12.4 Å². The van der Waals surface area contributed by atoms with Crippen LogP contribution in [0.4, 0.5) is 4.79 Å². The summed E-state index contributed by atoms with van der Waals surface area (Å²) in [6, 6.07) is 6.54. The highest BCUT2D eigenvalue weighted by molar-refractivity contribution is 5.94. The average Bonchev–Trinajstić information content (AvgIpc) is 3.27. The van der Waals surface area contributed by atoms with Crippen LogP contribution < -0.4 is 22.1 Å². The number of hydrogen-bond donors (Lipinski definition) is 4. The number of halogens is 1. The average molecular weight is 313 g/mol. The molecule has 0 aliphatic heterocycles. The Kier molecular flexibility index (Phi) is 6.45. The van der Waals surface area contributed by atoms with Crippen molar-refractivity contribution in [1.82, 2.24) is 10.6 Å². The first-order valence-electron chi connectivity index (χ1n) is 6.73. The van der Waals surface area contributed by atoms with Crippen LogP contribution in [-0.2, 0) is 6.54 Å². The van der Waals surface area contributed by atoms with Gasteiger partial charge in [0.15, 0.2) is 0 Å². The smallest absolute Gasteiger partial charge is 0.312 e. The Bertz CT molecular complexity index is 488. The highest BCUT2D eigenvalue weighted by atomic mass is 35.5. The van der Waals surface area contributed by atoms with Crippen LogP contribution >= 0.6 is 12.4 Å². The number of rotatable bonds is 6. The number of primary amides is 1. The molecule has 2 rings (SSSR count). The van der Waals surface area contributed by atoms with Crippen molar-refractivity contribution in [2.75, 3.05) is 6.54 Å². The molecule has 1 aromatic rings. The Balaban J connectivity index is 0.00000220. The van der Waals surface area contributed by atoms with Crippen molar-refractivity contribution in [2.45, 2.75) is 25.4 Å². The van der Waals surface area contributed by atoms with Gasteiger partial charge >= 0.3 is 6.03 Å². The van der Waals surface area contributed by atoms with E-state index >= 15 is 0 Å². The van der Waals surface area contributed by atoms with Crippen LogP contribution in [0.1, 0.15) is 28.8 Å². The summed E-state index contributed by atoms with van der Waals surface area (Å²) in [6.07, 6.45) is 2.28. The molecule has 1 unspecified atom stereocenters. The molecular weight excluding hydrogens is 292 g/mol. The molecule has 21 heavy (non-hydrogen) atoms. The van der Waals surface area contributed by atoms with Gasteiger partial charge in [0.25, 0.3) is 5.91 Å². The highest BCUT2D eigenvalue weighted by Gasteiger charge is 2.31. The zero-order valence-corrected chi connectivity index (χ0v) is 12.5. The molecule has 1 fully saturated rings. The van der Waals surface area contributed by atoms with Crippen LogP contribution in [0.25, 0.3) is 0 Å². The molecular formula is C14H21ClN4O2. The van der Waals surface area contributed by atoms with Crippen LogP contribution in [0.2, 0.25) is 0 Å². The number of urea groups is 1. The fraction of sp³-hybridized carbons (Fsp3) is 0.429. The maximum Gasteiger partial charge on any atom is 0.312 e. The molecule has 7 heteroatoms. The van der Waals surface area contributed by atoms with Crippen molar-refractivity contribution in [1.29, 1.82) is 0 Å². The number of nitrogens with two attached hydrogens (primary N) is 2. The number of carbonyl (C=O) groups excluding carboxylic acids is 2. The van der Waals surface area contributed by atoms with Crippen LogP contribution in [0.5, 0.6) is 0 Å². The molecule has 0 radical (unpaired) electrons. The van der Waals surface area contributed by atoms with Crippen LogP contribution in [-0.4, -0.2) is 24.5 Å². The molecule has 3 amide bonds. The Labute approximate surface area is 130 Å². The summed E-state index contributed by atoms with van der Waals surface area (Å²) in [5.41, 5.74) is 12.1. The zero-order chi connectivity index (χ0) is 14.5. The lowest BCUT2D eigenvalue weighted by molar-refractivity contribution is 0.0933. The topological polar surface area (TPSA) is 110 Å². The van der Waals surface area contributed by atoms with E-state index in [0.29, 0.717) is 24.6 Å². The molecule has 6 N–H and O–H groups in total. The van der Waals surface area contributed by atoms with Crippen molar-refractivity contribution in [3.05, 3.63) is 35.4 Å². The standard InChI is InChI=1S/C14H20N4O2.ClH/c15-7-12(10-5-6-10)18-13(19)11-3-1-9(2-4-11)8-17-14(16)20;/h1-4,10,12H,5-8,15H2,(H,18,19)(H3,16,17,20);1H. The van der Waals surface area contributed by atoms with Gasteiger partial charge in [0.2, 0.25) is 0 Å². The minimum absolute atomic E-state index is 0. The van der Waals surface area contributed by atoms with E-state index in [2.05, 4.69) is 10.6 Å². The molecule has 6 nitrogen and oxygen atoms in total. The maximum atomic E-state index is 12.1. The lowest BCUT2D eigenvalue weighted by Crippen LogP contribution is -2.41. The quantitative estimate of drug-likeness (QED) is 0.622. The van der Waals surface area contributed by atoms with Gasteiger partial charge < -0.3 is 22.1 Å². The first-order chi connectivity index (χ1) is 9.60. The predicted octanol–water partition coefficient (Wildman–Crippen LogP) is 0.744. The molecule has 0 heterocycles. The minimum Gasteiger partial charge on any atom is -0.352 e. The summed E-state index contributed by atoms with van der Waals surface area (Å²) in [4.78, 5) is 22.7. The summed E-state index contributed by atoms with van der Waals surface area (Å²) in [5, 5.41) is 5.46. The molecule has 1 atom stereocenters. The van der Waals surface area contributed by atoms with Gasteiger partial charge in [0, 0.05) is 24.7 Å². The minimum atomic E-state index is -0.568. The number of amides is 3. The molecule has 1 aromatic carbocycles. The second-order valence-corrected chi connectivity index (χ2v) is 5.07. The Hall–Kier alpha value is -1.79. The third-order valence-corrected chi connectivity index (χ3v) is 3.44. The van der Waals surface area contributed by atoms with Crippen molar-refractivity contribution in [3.8, 4) is 0 Å². The molecule has 1 aliphatic rings. The van der Waals surface area contributed by atoms with Crippen molar-refractivity contribution in [2.24, 2.45) is 17.4 Å². The van der Waals surface area contributed by atoms with E-state index in [9.17, 15) is 9.59 Å². The summed E-state index contributed by atoms with van der Waals surface area (Å²) in [5.74, 6) is 0.421. The van der Waals surface area contributed by atoms with Gasteiger partial charge in [0.1, 0.15) is 0 Å².